The van der Waals surface area contributed by atoms with E-state index in [0.717, 1.165) is 6.42 Å². The quantitative estimate of drug-likeness (QED) is 0.210. The fraction of sp³-hybridized carbons (Fsp3) is 0.300. The van der Waals surface area contributed by atoms with Crippen molar-refractivity contribution in [2.45, 2.75) is 82.6 Å². The highest BCUT2D eigenvalue weighted by Crippen LogP contribution is 2.11. The minimum Gasteiger partial charge on any atom is -0.0683 e. The van der Waals surface area contributed by atoms with Crippen molar-refractivity contribution in [1.82, 2.24) is 0 Å². The Bertz CT molecular complexity index is 995. The predicted molar refractivity (Wildman–Crippen MR) is 188 cm³/mol. The van der Waals surface area contributed by atoms with E-state index in [1.165, 1.54) is 27.5 Å². The first-order chi connectivity index (χ1) is 19.8. The Balaban J connectivity index is -0.000000455. The van der Waals surface area contributed by atoms with Crippen molar-refractivity contribution in [3.8, 4) is 0 Å². The number of aryl methyl sites for hydroxylation is 1. The van der Waals surface area contributed by atoms with Crippen LogP contribution >= 0.6 is 0 Å². The zero-order valence-corrected chi connectivity index (χ0v) is 27.5. The zero-order chi connectivity index (χ0) is 30.9. The molecule has 218 valence electrons. The lowest BCUT2D eigenvalue weighted by atomic mass is 10.1. The second kappa shape index (κ2) is 33.4. The molecule has 0 bridgehead atoms. The van der Waals surface area contributed by atoms with Crippen LogP contribution in [0.1, 0.15) is 85.9 Å². The molecule has 0 amide bonds. The molecular formula is C40H58. The third-order valence-electron chi connectivity index (χ3n) is 4.69. The molecule has 0 unspecified atom stereocenters. The van der Waals surface area contributed by atoms with E-state index in [2.05, 4.69) is 128 Å². The van der Waals surface area contributed by atoms with Crippen molar-refractivity contribution >= 4 is 10.8 Å². The number of fused-ring (bicyclic) bond motifs is 1. The normalized spacial score (nSPS) is 7.97. The van der Waals surface area contributed by atoms with Crippen LogP contribution < -0.4 is 0 Å². The Labute approximate surface area is 249 Å². The van der Waals surface area contributed by atoms with Crippen LogP contribution in [0.5, 0.6) is 0 Å². The van der Waals surface area contributed by atoms with Gasteiger partial charge < -0.3 is 0 Å². The highest BCUT2D eigenvalue weighted by Gasteiger charge is 1.92. The average Bonchev–Trinajstić information content (AvgIpc) is 3.08. The molecule has 0 radical (unpaired) electrons. The average molecular weight is 539 g/mol. The van der Waals surface area contributed by atoms with Gasteiger partial charge in [-0.3, -0.25) is 0 Å². The molecule has 0 aromatic heterocycles. The van der Waals surface area contributed by atoms with Gasteiger partial charge in [0, 0.05) is 0 Å². The van der Waals surface area contributed by atoms with Gasteiger partial charge in [-0.25, -0.2) is 0 Å². The van der Waals surface area contributed by atoms with Crippen LogP contribution in [-0.4, -0.2) is 0 Å². The third-order valence-corrected chi connectivity index (χ3v) is 4.69. The van der Waals surface area contributed by atoms with Crippen molar-refractivity contribution in [3.05, 3.63) is 156 Å². The predicted octanol–water partition coefficient (Wildman–Crippen LogP) is 13.2. The highest BCUT2D eigenvalue weighted by molar-refractivity contribution is 5.82. The van der Waals surface area contributed by atoms with Gasteiger partial charge in [0.15, 0.2) is 0 Å². The van der Waals surface area contributed by atoms with Crippen LogP contribution in [-0.2, 0) is 6.42 Å². The van der Waals surface area contributed by atoms with Crippen LogP contribution in [0.2, 0.25) is 0 Å². The van der Waals surface area contributed by atoms with Crippen LogP contribution in [0, 0.1) is 6.92 Å². The lowest BCUT2D eigenvalue weighted by molar-refractivity contribution is 1.19. The van der Waals surface area contributed by atoms with Crippen LogP contribution in [0.15, 0.2) is 140 Å². The maximum Gasteiger partial charge on any atom is -0.00258 e. The second-order valence-corrected chi connectivity index (χ2v) is 7.15. The number of hydrogen-bond acceptors (Lipinski definition) is 0. The van der Waals surface area contributed by atoms with E-state index in [-0.39, 0.29) is 0 Å². The van der Waals surface area contributed by atoms with Crippen molar-refractivity contribution < 1.29 is 0 Å². The van der Waals surface area contributed by atoms with Gasteiger partial charge in [0.05, 0.1) is 0 Å². The summed E-state index contributed by atoms with van der Waals surface area (Å²) < 4.78 is 0. The summed E-state index contributed by atoms with van der Waals surface area (Å²) in [7, 11) is 0. The van der Waals surface area contributed by atoms with Gasteiger partial charge in [0.2, 0.25) is 0 Å². The Morgan fingerprint density at radius 2 is 0.525 bits per heavy atom. The van der Waals surface area contributed by atoms with E-state index >= 15 is 0 Å². The fourth-order valence-electron chi connectivity index (χ4n) is 3.09. The van der Waals surface area contributed by atoms with Crippen molar-refractivity contribution in [3.63, 3.8) is 0 Å². The molecule has 40 heavy (non-hydrogen) atoms. The maximum atomic E-state index is 2.16. The number of benzene rings is 5. The van der Waals surface area contributed by atoms with Crippen molar-refractivity contribution in [1.29, 1.82) is 0 Å². The number of rotatable bonds is 2. The summed E-state index contributed by atoms with van der Waals surface area (Å²) >= 11 is 0. The van der Waals surface area contributed by atoms with Gasteiger partial charge in [-0.2, -0.15) is 0 Å². The first kappa shape index (κ1) is 40.9. The second-order valence-electron chi connectivity index (χ2n) is 7.15. The summed E-state index contributed by atoms with van der Waals surface area (Å²) in [5, 5.41) is 2.62. The Morgan fingerprint density at radius 1 is 0.300 bits per heavy atom. The molecule has 0 N–H and O–H groups in total. The van der Waals surface area contributed by atoms with Gasteiger partial charge >= 0.3 is 0 Å². The van der Waals surface area contributed by atoms with Crippen LogP contribution in [0.25, 0.3) is 10.8 Å². The summed E-state index contributed by atoms with van der Waals surface area (Å²) in [6, 6.07) is 48.0. The molecule has 5 aromatic carbocycles. The van der Waals surface area contributed by atoms with E-state index in [4.69, 9.17) is 0 Å². The lowest BCUT2D eigenvalue weighted by Crippen LogP contribution is -1.85. The monoisotopic (exact) mass is 538 g/mol. The minimum absolute atomic E-state index is 1.03. The minimum atomic E-state index is 1.03. The van der Waals surface area contributed by atoms with E-state index < -0.39 is 0 Å². The molecular weight excluding hydrogens is 480 g/mol. The van der Waals surface area contributed by atoms with E-state index in [1.807, 2.05) is 87.4 Å². The summed E-state index contributed by atoms with van der Waals surface area (Å²) in [5.41, 5.74) is 4.06. The first-order valence-electron chi connectivity index (χ1n) is 15.3. The molecule has 0 fully saturated rings. The molecule has 0 spiro atoms. The summed E-state index contributed by atoms with van der Waals surface area (Å²) in [4.78, 5) is 0. The van der Waals surface area contributed by atoms with Crippen molar-refractivity contribution in [2.24, 2.45) is 0 Å². The molecule has 0 nitrogen and oxygen atoms in total. The van der Waals surface area contributed by atoms with Crippen molar-refractivity contribution in [2.75, 3.05) is 0 Å². The largest absolute Gasteiger partial charge is 0.0683 e. The lowest BCUT2D eigenvalue weighted by Gasteiger charge is -2.00. The Hall–Kier alpha value is -3.64. The SMILES string of the molecule is CC.CC.CC.CC.CC.Cc1ccccc1.c1ccc(Cc2ccccc2)cc1.c1ccc2ccccc2c1. The van der Waals surface area contributed by atoms with Gasteiger partial charge in [-0.15, -0.1) is 0 Å². The van der Waals surface area contributed by atoms with Gasteiger partial charge in [0.25, 0.3) is 0 Å². The smallest absolute Gasteiger partial charge is 0.00258 e. The molecule has 5 aromatic rings. The molecule has 0 heterocycles. The molecule has 0 aliphatic rings. The van der Waals surface area contributed by atoms with Gasteiger partial charge in [-0.05, 0) is 35.2 Å². The molecule has 5 rings (SSSR count). The highest BCUT2D eigenvalue weighted by atomic mass is 14.0. The van der Waals surface area contributed by atoms with E-state index in [9.17, 15) is 0 Å². The van der Waals surface area contributed by atoms with Gasteiger partial charge in [0.1, 0.15) is 0 Å². The Kier molecular flexibility index (Phi) is 34.1. The number of hydrogen-bond donors (Lipinski definition) is 0. The fourth-order valence-corrected chi connectivity index (χ4v) is 3.09. The summed E-state index contributed by atoms with van der Waals surface area (Å²) in [6.07, 6.45) is 1.03. The molecule has 0 aliphatic carbocycles. The topological polar surface area (TPSA) is 0 Å². The molecule has 0 heteroatoms. The summed E-state index contributed by atoms with van der Waals surface area (Å²) in [6.45, 7) is 22.1. The van der Waals surface area contributed by atoms with Gasteiger partial charge in [-0.1, -0.05) is 214 Å². The van der Waals surface area contributed by atoms with Crippen LogP contribution in [0.4, 0.5) is 0 Å². The van der Waals surface area contributed by atoms with E-state index in [0.29, 0.717) is 0 Å². The standard InChI is InChI=1S/C13H12.C10H8.C7H8.5C2H6/c1-3-7-12(8-4-1)11-13-9-5-2-6-10-13;1-2-6-10-8-4-3-7-9(10)5-1;1-7-5-3-2-4-6-7;5*1-2/h1-10H,11H2;1-8H;2-6H,1H3;5*1-2H3. The first-order valence-corrected chi connectivity index (χ1v) is 15.3. The molecule has 0 saturated heterocycles. The molecule has 0 atom stereocenters. The Morgan fingerprint density at radius 3 is 0.750 bits per heavy atom. The van der Waals surface area contributed by atoms with E-state index in [1.54, 1.807) is 0 Å². The summed E-state index contributed by atoms with van der Waals surface area (Å²) in [5.74, 6) is 0. The maximum absolute atomic E-state index is 2.16. The molecule has 0 saturated carbocycles. The molecule has 0 aliphatic heterocycles. The third kappa shape index (κ3) is 21.3. The zero-order valence-electron chi connectivity index (χ0n) is 27.5. The van der Waals surface area contributed by atoms with Crippen LogP contribution in [0.3, 0.4) is 0 Å².